The van der Waals surface area contributed by atoms with Crippen LogP contribution in [0.4, 0.5) is 10.1 Å². The molecular formula is C22H21FN2O4S. The first-order valence-electron chi connectivity index (χ1n) is 9.13. The second-order valence-electron chi connectivity index (χ2n) is 6.58. The predicted octanol–water partition coefficient (Wildman–Crippen LogP) is 3.70. The number of ether oxygens (including phenoxy) is 1. The van der Waals surface area contributed by atoms with Gasteiger partial charge in [0.15, 0.2) is 0 Å². The van der Waals surface area contributed by atoms with E-state index in [2.05, 4.69) is 5.32 Å². The summed E-state index contributed by atoms with van der Waals surface area (Å²) in [6.07, 6.45) is 1.04. The van der Waals surface area contributed by atoms with Crippen molar-refractivity contribution < 1.29 is 22.3 Å². The molecule has 0 saturated heterocycles. The summed E-state index contributed by atoms with van der Waals surface area (Å²) in [5.74, 6) is 0.354. The van der Waals surface area contributed by atoms with E-state index in [4.69, 9.17) is 4.74 Å². The lowest BCUT2D eigenvalue weighted by Crippen LogP contribution is -2.40. The molecule has 0 spiro atoms. The van der Waals surface area contributed by atoms with Crippen LogP contribution in [0.1, 0.15) is 5.56 Å². The van der Waals surface area contributed by atoms with E-state index in [1.54, 1.807) is 36.4 Å². The molecule has 0 heterocycles. The number of amides is 1. The van der Waals surface area contributed by atoms with Gasteiger partial charge in [0.25, 0.3) is 0 Å². The lowest BCUT2D eigenvalue weighted by molar-refractivity contribution is -0.119. The van der Waals surface area contributed by atoms with E-state index in [1.165, 1.54) is 12.1 Å². The van der Waals surface area contributed by atoms with Crippen LogP contribution in [0, 0.1) is 5.82 Å². The van der Waals surface area contributed by atoms with Gasteiger partial charge in [-0.05, 0) is 54.1 Å². The van der Waals surface area contributed by atoms with Crippen LogP contribution in [0.25, 0.3) is 0 Å². The van der Waals surface area contributed by atoms with Crippen molar-refractivity contribution in [3.8, 4) is 11.5 Å². The lowest BCUT2D eigenvalue weighted by Gasteiger charge is -2.22. The number of halogens is 1. The zero-order valence-corrected chi connectivity index (χ0v) is 17.1. The fourth-order valence-corrected chi connectivity index (χ4v) is 3.55. The molecule has 0 aliphatic carbocycles. The van der Waals surface area contributed by atoms with Crippen LogP contribution in [-0.4, -0.2) is 27.1 Å². The first-order valence-corrected chi connectivity index (χ1v) is 11.0. The summed E-state index contributed by atoms with van der Waals surface area (Å²) in [5.41, 5.74) is 1.05. The van der Waals surface area contributed by atoms with Gasteiger partial charge in [0.1, 0.15) is 23.9 Å². The number of nitrogens with zero attached hydrogens (tertiary/aromatic N) is 1. The van der Waals surface area contributed by atoms with Gasteiger partial charge in [-0.25, -0.2) is 12.8 Å². The molecule has 3 aromatic carbocycles. The van der Waals surface area contributed by atoms with Crippen molar-refractivity contribution in [2.75, 3.05) is 17.1 Å². The van der Waals surface area contributed by atoms with Crippen LogP contribution in [0.2, 0.25) is 0 Å². The number of nitrogens with one attached hydrogen (secondary N) is 1. The van der Waals surface area contributed by atoms with E-state index in [0.29, 0.717) is 22.7 Å². The van der Waals surface area contributed by atoms with Gasteiger partial charge < -0.3 is 10.1 Å². The van der Waals surface area contributed by atoms with Crippen molar-refractivity contribution >= 4 is 21.6 Å². The number of hydrogen-bond acceptors (Lipinski definition) is 4. The Balaban J connectivity index is 1.66. The van der Waals surface area contributed by atoms with Crippen molar-refractivity contribution in [2.24, 2.45) is 0 Å². The van der Waals surface area contributed by atoms with Gasteiger partial charge in [0.05, 0.1) is 11.9 Å². The van der Waals surface area contributed by atoms with Gasteiger partial charge >= 0.3 is 0 Å². The highest BCUT2D eigenvalue weighted by Gasteiger charge is 2.20. The van der Waals surface area contributed by atoms with Crippen LogP contribution < -0.4 is 14.4 Å². The zero-order valence-electron chi connectivity index (χ0n) is 16.3. The topological polar surface area (TPSA) is 75.7 Å². The minimum atomic E-state index is -3.69. The zero-order chi connectivity index (χ0) is 21.6. The van der Waals surface area contributed by atoms with Gasteiger partial charge in [-0.1, -0.05) is 30.3 Å². The van der Waals surface area contributed by atoms with Crippen molar-refractivity contribution in [1.82, 2.24) is 5.32 Å². The molecule has 6 nitrogen and oxygen atoms in total. The van der Waals surface area contributed by atoms with Gasteiger partial charge in [0, 0.05) is 6.54 Å². The highest BCUT2D eigenvalue weighted by Crippen LogP contribution is 2.25. The number of sulfonamides is 1. The number of para-hydroxylation sites is 1. The number of carbonyl (C=O) groups excluding carboxylic acids is 1. The van der Waals surface area contributed by atoms with E-state index in [-0.39, 0.29) is 18.9 Å². The van der Waals surface area contributed by atoms with Crippen molar-refractivity contribution in [3.63, 3.8) is 0 Å². The molecule has 0 fully saturated rings. The highest BCUT2D eigenvalue weighted by atomic mass is 32.2. The normalized spacial score (nSPS) is 11.0. The van der Waals surface area contributed by atoms with E-state index < -0.39 is 15.9 Å². The summed E-state index contributed by atoms with van der Waals surface area (Å²) in [7, 11) is -3.69. The Labute approximate surface area is 175 Å². The Morgan fingerprint density at radius 1 is 0.933 bits per heavy atom. The smallest absolute Gasteiger partial charge is 0.241 e. The van der Waals surface area contributed by atoms with E-state index in [9.17, 15) is 17.6 Å². The Bertz CT molecular complexity index is 1090. The summed E-state index contributed by atoms with van der Waals surface area (Å²) < 4.78 is 44.1. The van der Waals surface area contributed by atoms with Gasteiger partial charge in [0.2, 0.25) is 15.9 Å². The average Bonchev–Trinajstić information content (AvgIpc) is 2.72. The quantitative estimate of drug-likeness (QED) is 0.594. The summed E-state index contributed by atoms with van der Waals surface area (Å²) in [5, 5.41) is 2.64. The molecule has 0 radical (unpaired) electrons. The maximum atomic E-state index is 13.0. The molecule has 0 saturated carbocycles. The Kier molecular flexibility index (Phi) is 6.68. The lowest BCUT2D eigenvalue weighted by atomic mass is 10.2. The standard InChI is InChI=1S/C22H21FN2O4S/c1-30(27,28)25(16-22(26)24-15-17-7-9-18(23)10-8-17)19-11-13-21(14-12-19)29-20-5-3-2-4-6-20/h2-14H,15-16H2,1H3,(H,24,26). The minimum Gasteiger partial charge on any atom is -0.457 e. The molecule has 3 aromatic rings. The fraction of sp³-hybridized carbons (Fsp3) is 0.136. The SMILES string of the molecule is CS(=O)(=O)N(CC(=O)NCc1ccc(F)cc1)c1ccc(Oc2ccccc2)cc1. The third-order valence-corrected chi connectivity index (χ3v) is 5.33. The summed E-state index contributed by atoms with van der Waals surface area (Å²) in [6, 6.07) is 21.3. The molecule has 156 valence electrons. The molecule has 0 bridgehead atoms. The molecule has 0 aliphatic heterocycles. The molecule has 0 unspecified atom stereocenters. The number of rotatable bonds is 8. The molecule has 1 amide bonds. The third kappa shape index (κ3) is 6.05. The van der Waals surface area contributed by atoms with Gasteiger partial charge in [-0.2, -0.15) is 0 Å². The second-order valence-corrected chi connectivity index (χ2v) is 8.49. The maximum Gasteiger partial charge on any atom is 0.241 e. The van der Waals surface area contributed by atoms with Gasteiger partial charge in [-0.3, -0.25) is 9.10 Å². The molecule has 1 N–H and O–H groups in total. The van der Waals surface area contributed by atoms with Crippen LogP contribution >= 0.6 is 0 Å². The summed E-state index contributed by atoms with van der Waals surface area (Å²) in [6.45, 7) is -0.209. The number of carbonyl (C=O) groups is 1. The summed E-state index contributed by atoms with van der Waals surface area (Å²) >= 11 is 0. The van der Waals surface area contributed by atoms with E-state index >= 15 is 0 Å². The minimum absolute atomic E-state index is 0.167. The van der Waals surface area contributed by atoms with E-state index in [0.717, 1.165) is 10.6 Å². The molecule has 8 heteroatoms. The monoisotopic (exact) mass is 428 g/mol. The molecule has 3 rings (SSSR count). The highest BCUT2D eigenvalue weighted by molar-refractivity contribution is 7.92. The van der Waals surface area contributed by atoms with Crippen molar-refractivity contribution in [3.05, 3.63) is 90.2 Å². The van der Waals surface area contributed by atoms with Crippen LogP contribution in [0.3, 0.4) is 0 Å². The van der Waals surface area contributed by atoms with Crippen molar-refractivity contribution in [2.45, 2.75) is 6.54 Å². The first kappa shape index (κ1) is 21.3. The van der Waals surface area contributed by atoms with Crippen LogP contribution in [0.5, 0.6) is 11.5 Å². The molecule has 30 heavy (non-hydrogen) atoms. The third-order valence-electron chi connectivity index (χ3n) is 4.19. The Morgan fingerprint density at radius 2 is 1.53 bits per heavy atom. The Hall–Kier alpha value is -3.39. The number of hydrogen-bond donors (Lipinski definition) is 1. The maximum absolute atomic E-state index is 13.0. The van der Waals surface area contributed by atoms with Crippen molar-refractivity contribution in [1.29, 1.82) is 0 Å². The number of anilines is 1. The summed E-state index contributed by atoms with van der Waals surface area (Å²) in [4.78, 5) is 12.3. The molecule has 0 aliphatic rings. The first-order chi connectivity index (χ1) is 14.3. The number of benzene rings is 3. The average molecular weight is 428 g/mol. The Morgan fingerprint density at radius 3 is 2.13 bits per heavy atom. The molecule has 0 aromatic heterocycles. The fourth-order valence-electron chi connectivity index (χ4n) is 2.69. The predicted molar refractivity (Wildman–Crippen MR) is 113 cm³/mol. The van der Waals surface area contributed by atoms with Crippen LogP contribution in [-0.2, 0) is 21.4 Å². The van der Waals surface area contributed by atoms with Crippen LogP contribution in [0.15, 0.2) is 78.9 Å². The largest absolute Gasteiger partial charge is 0.457 e. The molecular weight excluding hydrogens is 407 g/mol. The van der Waals surface area contributed by atoms with E-state index in [1.807, 2.05) is 30.3 Å². The molecule has 0 atom stereocenters. The van der Waals surface area contributed by atoms with Gasteiger partial charge in [-0.15, -0.1) is 0 Å². The second kappa shape index (κ2) is 9.41.